The van der Waals surface area contributed by atoms with Crippen LogP contribution in [0.3, 0.4) is 0 Å². The van der Waals surface area contributed by atoms with Gasteiger partial charge in [0.05, 0.1) is 73.4 Å². The summed E-state index contributed by atoms with van der Waals surface area (Å²) in [6.07, 6.45) is -0.276. The number of ether oxygens (including phenoxy) is 8. The van der Waals surface area contributed by atoms with Crippen molar-refractivity contribution in [3.05, 3.63) is 39.9 Å². The van der Waals surface area contributed by atoms with Gasteiger partial charge in [-0.2, -0.15) is 0 Å². The lowest BCUT2D eigenvalue weighted by Crippen LogP contribution is -2.44. The second kappa shape index (κ2) is 14.3. The van der Waals surface area contributed by atoms with Gasteiger partial charge in [-0.15, -0.1) is 0 Å². The van der Waals surface area contributed by atoms with Crippen molar-refractivity contribution in [1.82, 2.24) is 14.5 Å². The third kappa shape index (κ3) is 6.57. The summed E-state index contributed by atoms with van der Waals surface area (Å²) in [5, 5.41) is 0.285. The number of aryl methyl sites for hydroxylation is 1. The predicted octanol–water partition coefficient (Wildman–Crippen LogP) is 2.57. The fourth-order valence-corrected chi connectivity index (χ4v) is 5.15. The van der Waals surface area contributed by atoms with Crippen LogP contribution in [0.15, 0.2) is 23.0 Å². The molecule has 13 nitrogen and oxygen atoms in total. The highest BCUT2D eigenvalue weighted by molar-refractivity contribution is 5.91. The molecular weight excluding hydrogens is 562 g/mol. The van der Waals surface area contributed by atoms with Crippen LogP contribution >= 0.6 is 0 Å². The van der Waals surface area contributed by atoms with Crippen LogP contribution in [0.5, 0.6) is 34.5 Å². The SMILES string of the molecule is CCc1nc2c(OC)c(OC)c(OC)cc2c(=O)n1CC(CN1CCOCC1)OC(=O)c1cc(OC)c(OC)c(OC)c1. The maximum absolute atomic E-state index is 14.0. The Bertz CT molecular complexity index is 1480. The van der Waals surface area contributed by atoms with Crippen LogP contribution in [-0.4, -0.2) is 102 Å². The van der Waals surface area contributed by atoms with Gasteiger partial charge in [0.25, 0.3) is 5.56 Å². The zero-order valence-electron chi connectivity index (χ0n) is 25.7. The number of esters is 1. The van der Waals surface area contributed by atoms with Gasteiger partial charge in [0, 0.05) is 26.1 Å². The number of morpholine rings is 1. The van der Waals surface area contributed by atoms with Gasteiger partial charge in [-0.05, 0) is 18.2 Å². The first-order valence-corrected chi connectivity index (χ1v) is 13.9. The monoisotopic (exact) mass is 601 g/mol. The molecule has 13 heteroatoms. The highest BCUT2D eigenvalue weighted by atomic mass is 16.6. The molecular formula is C30H39N3O10. The van der Waals surface area contributed by atoms with Crippen molar-refractivity contribution < 1.29 is 42.7 Å². The molecule has 2 aromatic carbocycles. The van der Waals surface area contributed by atoms with Gasteiger partial charge in [0.1, 0.15) is 17.4 Å². The zero-order chi connectivity index (χ0) is 31.1. The second-order valence-electron chi connectivity index (χ2n) is 9.69. The van der Waals surface area contributed by atoms with E-state index in [1.54, 1.807) is 10.6 Å². The second-order valence-corrected chi connectivity index (χ2v) is 9.69. The summed E-state index contributed by atoms with van der Waals surface area (Å²) in [6, 6.07) is 4.64. The number of hydrogen-bond acceptors (Lipinski definition) is 12. The number of hydrogen-bond donors (Lipinski definition) is 0. The molecule has 3 aromatic rings. The van der Waals surface area contributed by atoms with Crippen molar-refractivity contribution >= 4 is 16.9 Å². The molecule has 1 unspecified atom stereocenters. The Labute approximate surface area is 250 Å². The molecule has 1 aliphatic rings. The van der Waals surface area contributed by atoms with Gasteiger partial charge in [0.15, 0.2) is 23.0 Å². The highest BCUT2D eigenvalue weighted by Gasteiger charge is 2.27. The van der Waals surface area contributed by atoms with E-state index >= 15 is 0 Å². The minimum Gasteiger partial charge on any atom is -0.493 e. The molecule has 0 aliphatic carbocycles. The predicted molar refractivity (Wildman–Crippen MR) is 158 cm³/mol. The van der Waals surface area contributed by atoms with Gasteiger partial charge in [-0.25, -0.2) is 9.78 Å². The van der Waals surface area contributed by atoms with E-state index in [0.717, 1.165) is 0 Å². The third-order valence-electron chi connectivity index (χ3n) is 7.27. The van der Waals surface area contributed by atoms with Crippen molar-refractivity contribution in [1.29, 1.82) is 0 Å². The van der Waals surface area contributed by atoms with Crippen molar-refractivity contribution in [2.45, 2.75) is 26.0 Å². The number of carbonyl (C=O) groups is 1. The molecule has 1 aliphatic heterocycles. The van der Waals surface area contributed by atoms with E-state index in [4.69, 9.17) is 42.9 Å². The van der Waals surface area contributed by atoms with Crippen LogP contribution in [0, 0.1) is 0 Å². The lowest BCUT2D eigenvalue weighted by molar-refractivity contribution is -0.00843. The minimum absolute atomic E-state index is 0.0646. The number of methoxy groups -OCH3 is 6. The van der Waals surface area contributed by atoms with Crippen LogP contribution in [0.1, 0.15) is 23.1 Å². The maximum Gasteiger partial charge on any atom is 0.338 e. The fourth-order valence-electron chi connectivity index (χ4n) is 5.15. The quantitative estimate of drug-likeness (QED) is 0.267. The first kappa shape index (κ1) is 31.7. The lowest BCUT2D eigenvalue weighted by Gasteiger charge is -2.31. The number of benzene rings is 2. The Morgan fingerprint density at radius 1 is 0.837 bits per heavy atom. The summed E-state index contributed by atoms with van der Waals surface area (Å²) in [5.41, 5.74) is 0.247. The van der Waals surface area contributed by atoms with E-state index < -0.39 is 12.1 Å². The van der Waals surface area contributed by atoms with Crippen LogP contribution < -0.4 is 34.0 Å². The van der Waals surface area contributed by atoms with E-state index in [1.807, 2.05) is 6.92 Å². The molecule has 0 spiro atoms. The Balaban J connectivity index is 1.77. The number of aromatic nitrogens is 2. The van der Waals surface area contributed by atoms with E-state index in [2.05, 4.69) is 4.90 Å². The van der Waals surface area contributed by atoms with Gasteiger partial charge >= 0.3 is 5.97 Å². The maximum atomic E-state index is 14.0. The first-order valence-electron chi connectivity index (χ1n) is 13.9. The number of nitrogens with zero attached hydrogens (tertiary/aromatic N) is 3. The van der Waals surface area contributed by atoms with Crippen LogP contribution in [0.2, 0.25) is 0 Å². The van der Waals surface area contributed by atoms with E-state index in [-0.39, 0.29) is 23.1 Å². The Morgan fingerprint density at radius 3 is 1.95 bits per heavy atom. The van der Waals surface area contributed by atoms with Crippen molar-refractivity contribution in [3.63, 3.8) is 0 Å². The lowest BCUT2D eigenvalue weighted by atomic mass is 10.1. The normalized spacial score (nSPS) is 14.2. The third-order valence-corrected chi connectivity index (χ3v) is 7.27. The number of rotatable bonds is 13. The average Bonchev–Trinajstić information content (AvgIpc) is 3.04. The van der Waals surface area contributed by atoms with Crippen LogP contribution in [0.25, 0.3) is 10.9 Å². The molecule has 1 atom stereocenters. The standard InChI is InChI=1S/C30H39N3O10/c1-8-24-31-25-20(15-23(38-4)27(40-6)28(25)41-7)29(34)33(24)17-19(16-32-9-11-42-12-10-32)43-30(35)18-13-21(36-2)26(39-5)22(14-18)37-3/h13-15,19H,8-12,16-17H2,1-7H3. The van der Waals surface area contributed by atoms with E-state index in [9.17, 15) is 9.59 Å². The number of fused-ring (bicyclic) bond motifs is 1. The molecule has 0 saturated carbocycles. The Morgan fingerprint density at radius 2 is 1.42 bits per heavy atom. The fraction of sp³-hybridized carbons (Fsp3) is 0.500. The molecule has 1 aromatic heterocycles. The first-order chi connectivity index (χ1) is 20.8. The molecule has 0 bridgehead atoms. The summed E-state index contributed by atoms with van der Waals surface area (Å²) in [7, 11) is 8.88. The molecule has 1 saturated heterocycles. The molecule has 0 radical (unpaired) electrons. The zero-order valence-corrected chi connectivity index (χ0v) is 25.7. The molecule has 4 rings (SSSR count). The molecule has 1 fully saturated rings. The molecule has 234 valence electrons. The van der Waals surface area contributed by atoms with Crippen molar-refractivity contribution in [3.8, 4) is 34.5 Å². The van der Waals surface area contributed by atoms with Crippen LogP contribution in [0.4, 0.5) is 0 Å². The molecule has 0 N–H and O–H groups in total. The molecule has 43 heavy (non-hydrogen) atoms. The smallest absolute Gasteiger partial charge is 0.338 e. The summed E-state index contributed by atoms with van der Waals surface area (Å²) in [5.74, 6) is 1.86. The summed E-state index contributed by atoms with van der Waals surface area (Å²) in [4.78, 5) is 34.5. The Hall–Kier alpha value is -4.23. The largest absolute Gasteiger partial charge is 0.493 e. The molecule has 0 amide bonds. The van der Waals surface area contributed by atoms with Crippen molar-refractivity contribution in [2.24, 2.45) is 0 Å². The van der Waals surface area contributed by atoms with Gasteiger partial charge in [0.2, 0.25) is 11.5 Å². The Kier molecular flexibility index (Phi) is 10.5. The summed E-state index contributed by atoms with van der Waals surface area (Å²) < 4.78 is 45.9. The van der Waals surface area contributed by atoms with Crippen LogP contribution in [-0.2, 0) is 22.4 Å². The average molecular weight is 602 g/mol. The van der Waals surface area contributed by atoms with Crippen molar-refractivity contribution in [2.75, 3.05) is 75.5 Å². The van der Waals surface area contributed by atoms with Gasteiger partial charge in [-0.1, -0.05) is 6.92 Å². The van der Waals surface area contributed by atoms with E-state index in [0.29, 0.717) is 85.1 Å². The highest BCUT2D eigenvalue weighted by Crippen LogP contribution is 2.42. The summed E-state index contributed by atoms with van der Waals surface area (Å²) in [6.45, 7) is 4.79. The van der Waals surface area contributed by atoms with E-state index in [1.165, 1.54) is 54.8 Å². The molecule has 2 heterocycles. The summed E-state index contributed by atoms with van der Waals surface area (Å²) >= 11 is 0. The minimum atomic E-state index is -0.714. The van der Waals surface area contributed by atoms with Gasteiger partial charge in [-0.3, -0.25) is 14.3 Å². The van der Waals surface area contributed by atoms with Gasteiger partial charge < -0.3 is 37.9 Å². The topological polar surface area (TPSA) is 129 Å². The number of carbonyl (C=O) groups excluding carboxylic acids is 1.